The van der Waals surface area contributed by atoms with Gasteiger partial charge in [-0.25, -0.2) is 0 Å². The number of rotatable bonds is 5. The number of hydrogen-bond acceptors (Lipinski definition) is 5. The largest absolute Gasteiger partial charge is 0.378 e. The Morgan fingerprint density at radius 2 is 2.38 bits per heavy atom. The van der Waals surface area contributed by atoms with Crippen molar-refractivity contribution in [3.8, 4) is 0 Å². The number of hydrogen-bond donors (Lipinski definition) is 2. The van der Waals surface area contributed by atoms with Crippen LogP contribution >= 0.6 is 15.9 Å². The molecule has 0 bridgehead atoms. The summed E-state index contributed by atoms with van der Waals surface area (Å²) >= 11 is 2.91. The first-order valence-electron chi connectivity index (χ1n) is 5.12. The van der Waals surface area contributed by atoms with Crippen LogP contribution < -0.4 is 10.6 Å². The van der Waals surface area contributed by atoms with Crippen molar-refractivity contribution < 1.29 is 9.66 Å². The summed E-state index contributed by atoms with van der Waals surface area (Å²) in [5.74, 6) is 0.801. The fraction of sp³-hybridized carbons (Fsp3) is 0.778. The van der Waals surface area contributed by atoms with Crippen molar-refractivity contribution in [1.82, 2.24) is 10.6 Å². The van der Waals surface area contributed by atoms with Crippen LogP contribution in [0.4, 0.5) is 0 Å². The van der Waals surface area contributed by atoms with Gasteiger partial charge in [0.1, 0.15) is 0 Å². The molecular formula is C9H16BrN3O3. The number of nitro groups is 1. The second kappa shape index (κ2) is 6.05. The van der Waals surface area contributed by atoms with Crippen LogP contribution in [0.1, 0.15) is 13.3 Å². The first-order chi connectivity index (χ1) is 7.54. The minimum absolute atomic E-state index is 0.0815. The highest BCUT2D eigenvalue weighted by Gasteiger charge is 2.23. The Morgan fingerprint density at radius 3 is 2.81 bits per heavy atom. The highest BCUT2D eigenvalue weighted by atomic mass is 79.9. The lowest BCUT2D eigenvalue weighted by atomic mass is 10.1. The molecule has 0 saturated carbocycles. The Balaban J connectivity index is 2.46. The van der Waals surface area contributed by atoms with E-state index in [0.717, 1.165) is 6.42 Å². The molecule has 1 saturated heterocycles. The summed E-state index contributed by atoms with van der Waals surface area (Å²) < 4.78 is 5.34. The van der Waals surface area contributed by atoms with E-state index in [4.69, 9.17) is 4.74 Å². The highest BCUT2D eigenvalue weighted by Crippen LogP contribution is 2.18. The number of nitrogens with one attached hydrogen (secondary N) is 2. The van der Waals surface area contributed by atoms with Crippen LogP contribution in [0.5, 0.6) is 0 Å². The van der Waals surface area contributed by atoms with E-state index >= 15 is 0 Å². The van der Waals surface area contributed by atoms with Crippen molar-refractivity contribution in [3.63, 3.8) is 0 Å². The lowest BCUT2D eigenvalue weighted by Gasteiger charge is -2.12. The van der Waals surface area contributed by atoms with Crippen molar-refractivity contribution >= 4 is 15.9 Å². The molecule has 6 nitrogen and oxygen atoms in total. The van der Waals surface area contributed by atoms with E-state index in [1.165, 1.54) is 0 Å². The lowest BCUT2D eigenvalue weighted by molar-refractivity contribution is -0.410. The zero-order chi connectivity index (χ0) is 12.1. The summed E-state index contributed by atoms with van der Waals surface area (Å²) in [4.78, 5) is 10.1. The van der Waals surface area contributed by atoms with Gasteiger partial charge in [-0.05, 0) is 13.3 Å². The van der Waals surface area contributed by atoms with E-state index < -0.39 is 4.92 Å². The van der Waals surface area contributed by atoms with Gasteiger partial charge in [0.2, 0.25) is 0 Å². The van der Waals surface area contributed by atoms with Crippen molar-refractivity contribution in [3.05, 3.63) is 20.5 Å². The topological polar surface area (TPSA) is 76.4 Å². The van der Waals surface area contributed by atoms with Crippen LogP contribution in [0.2, 0.25) is 0 Å². The van der Waals surface area contributed by atoms with E-state index in [1.807, 2.05) is 6.92 Å². The summed E-state index contributed by atoms with van der Waals surface area (Å²) in [6.07, 6.45) is 1.27. The second-order valence-corrected chi connectivity index (χ2v) is 4.55. The maximum absolute atomic E-state index is 10.5. The van der Waals surface area contributed by atoms with Crippen molar-refractivity contribution in [2.45, 2.75) is 19.4 Å². The third-order valence-corrected chi connectivity index (χ3v) is 3.15. The quantitative estimate of drug-likeness (QED) is 0.450. The average Bonchev–Trinajstić information content (AvgIpc) is 2.64. The molecule has 1 fully saturated rings. The molecule has 0 spiro atoms. The average molecular weight is 294 g/mol. The van der Waals surface area contributed by atoms with Gasteiger partial charge in [0.05, 0.1) is 17.6 Å². The van der Waals surface area contributed by atoms with E-state index in [0.29, 0.717) is 24.9 Å². The molecule has 92 valence electrons. The van der Waals surface area contributed by atoms with E-state index in [2.05, 4.69) is 26.6 Å². The van der Waals surface area contributed by atoms with Crippen LogP contribution in [0.15, 0.2) is 10.4 Å². The molecule has 1 rings (SSSR count). The Kier molecular flexibility index (Phi) is 5.01. The number of nitrogens with zero attached hydrogens (tertiary/aromatic N) is 1. The third kappa shape index (κ3) is 3.64. The van der Waals surface area contributed by atoms with Gasteiger partial charge in [-0.2, -0.15) is 0 Å². The molecule has 1 heterocycles. The molecule has 16 heavy (non-hydrogen) atoms. The normalized spacial score (nSPS) is 26.2. The zero-order valence-corrected chi connectivity index (χ0v) is 10.9. The van der Waals surface area contributed by atoms with Crippen LogP contribution in [0, 0.1) is 16.0 Å². The van der Waals surface area contributed by atoms with Gasteiger partial charge in [-0.15, -0.1) is 0 Å². The summed E-state index contributed by atoms with van der Waals surface area (Å²) in [5.41, 5.74) is 0. The molecule has 7 heteroatoms. The van der Waals surface area contributed by atoms with Crippen molar-refractivity contribution in [2.75, 3.05) is 20.2 Å². The van der Waals surface area contributed by atoms with Gasteiger partial charge >= 0.3 is 4.61 Å². The van der Waals surface area contributed by atoms with Gasteiger partial charge in [0.15, 0.2) is 5.82 Å². The third-order valence-electron chi connectivity index (χ3n) is 2.47. The Hall–Kier alpha value is -0.820. The predicted octanol–water partition coefficient (Wildman–Crippen LogP) is 1.02. The molecule has 0 aromatic rings. The van der Waals surface area contributed by atoms with Gasteiger partial charge in [-0.1, -0.05) is 0 Å². The van der Waals surface area contributed by atoms with E-state index in [1.54, 1.807) is 7.05 Å². The molecule has 0 radical (unpaired) electrons. The fourth-order valence-corrected chi connectivity index (χ4v) is 1.99. The predicted molar refractivity (Wildman–Crippen MR) is 63.5 cm³/mol. The van der Waals surface area contributed by atoms with Crippen LogP contribution in [-0.2, 0) is 4.74 Å². The lowest BCUT2D eigenvalue weighted by Crippen LogP contribution is -2.30. The minimum atomic E-state index is -0.480. The maximum atomic E-state index is 10.5. The second-order valence-electron chi connectivity index (χ2n) is 3.80. The molecule has 0 amide bonds. The minimum Gasteiger partial charge on any atom is -0.378 e. The standard InChI is InChI=1S/C9H16BrN3O3/c1-6-3-7(5-16-6)4-12-9(11-2)8(10)13(14)15/h6-7,11-12H,3-5H2,1-2H3. The smallest absolute Gasteiger partial charge is 0.350 e. The number of halogens is 1. The summed E-state index contributed by atoms with van der Waals surface area (Å²) in [6.45, 7) is 3.41. The first-order valence-corrected chi connectivity index (χ1v) is 5.91. The Morgan fingerprint density at radius 1 is 1.69 bits per heavy atom. The zero-order valence-electron chi connectivity index (χ0n) is 9.33. The molecule has 1 aliphatic heterocycles. The number of ether oxygens (including phenoxy) is 1. The molecule has 1 aliphatic rings. The monoisotopic (exact) mass is 293 g/mol. The summed E-state index contributed by atoms with van der Waals surface area (Å²) in [6, 6.07) is 0. The van der Waals surface area contributed by atoms with Crippen molar-refractivity contribution in [2.24, 2.45) is 5.92 Å². The highest BCUT2D eigenvalue weighted by molar-refractivity contribution is 9.11. The fourth-order valence-electron chi connectivity index (χ4n) is 1.65. The van der Waals surface area contributed by atoms with Crippen LogP contribution in [0.25, 0.3) is 0 Å². The van der Waals surface area contributed by atoms with Gasteiger partial charge in [-0.3, -0.25) is 10.1 Å². The molecule has 0 aromatic carbocycles. The summed E-state index contributed by atoms with van der Waals surface area (Å²) in [5, 5.41) is 16.3. The first kappa shape index (κ1) is 13.2. The van der Waals surface area contributed by atoms with E-state index in [-0.39, 0.29) is 10.7 Å². The maximum Gasteiger partial charge on any atom is 0.350 e. The Bertz CT molecular complexity index is 296. The van der Waals surface area contributed by atoms with Gasteiger partial charge < -0.3 is 15.4 Å². The molecule has 0 aromatic heterocycles. The van der Waals surface area contributed by atoms with E-state index in [9.17, 15) is 10.1 Å². The van der Waals surface area contributed by atoms with Gasteiger partial charge in [0, 0.05) is 35.4 Å². The van der Waals surface area contributed by atoms with Crippen LogP contribution in [-0.4, -0.2) is 31.2 Å². The molecular weight excluding hydrogens is 278 g/mol. The molecule has 2 unspecified atom stereocenters. The SMILES string of the molecule is CNC(NCC1COC(C)C1)=C(Br)[N+](=O)[O-]. The van der Waals surface area contributed by atoms with Gasteiger partial charge in [0.25, 0.3) is 0 Å². The molecule has 2 N–H and O–H groups in total. The summed E-state index contributed by atoms with van der Waals surface area (Å²) in [7, 11) is 1.64. The van der Waals surface area contributed by atoms with Crippen LogP contribution in [0.3, 0.4) is 0 Å². The molecule has 0 aliphatic carbocycles. The van der Waals surface area contributed by atoms with Crippen molar-refractivity contribution in [1.29, 1.82) is 0 Å². The molecule has 2 atom stereocenters. The Labute approximate surface area is 103 Å².